The van der Waals surface area contributed by atoms with E-state index in [-0.39, 0.29) is 21.2 Å². The van der Waals surface area contributed by atoms with Crippen LogP contribution >= 0.6 is 11.6 Å². The first-order valence-electron chi connectivity index (χ1n) is 7.25. The summed E-state index contributed by atoms with van der Waals surface area (Å²) in [6, 6.07) is 12.4. The van der Waals surface area contributed by atoms with E-state index in [4.69, 9.17) is 16.7 Å². The van der Waals surface area contributed by atoms with Crippen molar-refractivity contribution >= 4 is 31.5 Å². The number of rotatable bonds is 4. The fourth-order valence-corrected chi connectivity index (χ4v) is 4.17. The molecular formula is C16H14ClN3O4S2. The van der Waals surface area contributed by atoms with Gasteiger partial charge in [0.05, 0.1) is 17.6 Å². The van der Waals surface area contributed by atoms with Crippen molar-refractivity contribution < 1.29 is 16.8 Å². The van der Waals surface area contributed by atoms with Gasteiger partial charge in [0, 0.05) is 16.8 Å². The average molecular weight is 412 g/mol. The summed E-state index contributed by atoms with van der Waals surface area (Å²) in [6.07, 6.45) is 2.23. The summed E-state index contributed by atoms with van der Waals surface area (Å²) in [5.74, 6) is 0. The Morgan fingerprint density at radius 1 is 0.962 bits per heavy atom. The lowest BCUT2D eigenvalue weighted by Crippen LogP contribution is -2.16. The molecule has 3 rings (SSSR count). The minimum atomic E-state index is -4.04. The second-order valence-electron chi connectivity index (χ2n) is 5.56. The summed E-state index contributed by atoms with van der Waals surface area (Å²) in [5.41, 5.74) is 0.881. The zero-order valence-electron chi connectivity index (χ0n) is 13.5. The molecule has 2 aromatic carbocycles. The minimum absolute atomic E-state index is 0.0379. The van der Waals surface area contributed by atoms with Crippen LogP contribution < -0.4 is 5.14 Å². The van der Waals surface area contributed by atoms with E-state index in [0.717, 1.165) is 6.26 Å². The molecule has 0 unspecified atom stereocenters. The molecule has 0 aliphatic rings. The molecule has 0 radical (unpaired) electrons. The largest absolute Gasteiger partial charge is 0.240 e. The molecule has 1 aromatic heterocycles. The second kappa shape index (κ2) is 6.51. The molecule has 0 amide bonds. The highest BCUT2D eigenvalue weighted by atomic mass is 35.5. The van der Waals surface area contributed by atoms with E-state index in [1.807, 2.05) is 0 Å². The number of benzene rings is 2. The number of sulfone groups is 1. The minimum Gasteiger partial charge on any atom is -0.230 e. The van der Waals surface area contributed by atoms with Crippen LogP contribution in [0.2, 0.25) is 5.02 Å². The van der Waals surface area contributed by atoms with Crippen molar-refractivity contribution in [1.29, 1.82) is 0 Å². The molecule has 0 aliphatic heterocycles. The summed E-state index contributed by atoms with van der Waals surface area (Å²) in [6.45, 7) is 0. The summed E-state index contributed by atoms with van der Waals surface area (Å²) >= 11 is 5.91. The Morgan fingerprint density at radius 3 is 2.15 bits per heavy atom. The van der Waals surface area contributed by atoms with E-state index in [2.05, 4.69) is 5.10 Å². The molecule has 0 bridgehead atoms. The summed E-state index contributed by atoms with van der Waals surface area (Å²) in [7, 11) is -7.67. The number of hydrogen-bond donors (Lipinski definition) is 1. The van der Waals surface area contributed by atoms with Crippen molar-refractivity contribution in [2.75, 3.05) is 6.26 Å². The zero-order chi connectivity index (χ0) is 19.1. The molecule has 10 heteroatoms. The molecule has 0 atom stereocenters. The van der Waals surface area contributed by atoms with Crippen LogP contribution in [0.1, 0.15) is 0 Å². The van der Waals surface area contributed by atoms with Gasteiger partial charge < -0.3 is 0 Å². The molecule has 0 fully saturated rings. The number of aromatic nitrogens is 2. The first-order chi connectivity index (χ1) is 12.1. The third-order valence-corrected chi connectivity index (χ3v) is 5.96. The number of para-hydroxylation sites is 1. The fourth-order valence-electron chi connectivity index (χ4n) is 2.53. The highest BCUT2D eigenvalue weighted by molar-refractivity contribution is 7.90. The van der Waals surface area contributed by atoms with E-state index in [1.165, 1.54) is 29.1 Å². The second-order valence-corrected chi connectivity index (χ2v) is 9.51. The Balaban J connectivity index is 2.39. The average Bonchev–Trinajstić information content (AvgIpc) is 3.00. The van der Waals surface area contributed by atoms with Gasteiger partial charge in [0.15, 0.2) is 9.84 Å². The molecule has 3 aromatic rings. The van der Waals surface area contributed by atoms with Crippen LogP contribution in [0.25, 0.3) is 16.9 Å². The van der Waals surface area contributed by atoms with Crippen molar-refractivity contribution in [3.05, 3.63) is 59.8 Å². The van der Waals surface area contributed by atoms with Crippen LogP contribution in [-0.2, 0) is 19.9 Å². The van der Waals surface area contributed by atoms with E-state index in [0.29, 0.717) is 10.6 Å². The predicted octanol–water partition coefficient (Wildman–Crippen LogP) is 2.24. The standard InChI is InChI=1S/C16H14ClN3O4S2/c1-25(21,22)15-10-19-20(16(15)11-6-8-12(17)9-7-11)13-4-2-3-5-14(13)26(18,23)24/h2-10H,1H3,(H2,18,23,24). The number of sulfonamides is 1. The number of halogens is 1. The van der Waals surface area contributed by atoms with Crippen molar-refractivity contribution in [1.82, 2.24) is 9.78 Å². The Labute approximate surface area is 156 Å². The lowest BCUT2D eigenvalue weighted by atomic mass is 10.1. The third kappa shape index (κ3) is 3.51. The van der Waals surface area contributed by atoms with Crippen LogP contribution in [0.5, 0.6) is 0 Å². The molecule has 2 N–H and O–H groups in total. The lowest BCUT2D eigenvalue weighted by molar-refractivity contribution is 0.596. The van der Waals surface area contributed by atoms with Crippen LogP contribution in [0, 0.1) is 0 Å². The molecule has 0 saturated carbocycles. The van der Waals surface area contributed by atoms with Gasteiger partial charge in [0.25, 0.3) is 0 Å². The van der Waals surface area contributed by atoms with Crippen LogP contribution in [-0.4, -0.2) is 32.9 Å². The fraction of sp³-hybridized carbons (Fsp3) is 0.0625. The van der Waals surface area contributed by atoms with Gasteiger partial charge >= 0.3 is 0 Å². The Bertz CT molecular complexity index is 1180. The highest BCUT2D eigenvalue weighted by Crippen LogP contribution is 2.32. The van der Waals surface area contributed by atoms with Crippen molar-refractivity contribution in [2.45, 2.75) is 9.79 Å². The molecule has 7 nitrogen and oxygen atoms in total. The maximum Gasteiger partial charge on any atom is 0.240 e. The van der Waals surface area contributed by atoms with Gasteiger partial charge in [-0.25, -0.2) is 26.7 Å². The Morgan fingerprint density at radius 2 is 1.58 bits per heavy atom. The van der Waals surface area contributed by atoms with Gasteiger partial charge in [-0.1, -0.05) is 35.9 Å². The summed E-state index contributed by atoms with van der Waals surface area (Å²) < 4.78 is 49.5. The Hall–Kier alpha value is -2.20. The molecule has 0 spiro atoms. The number of primary sulfonamides is 1. The SMILES string of the molecule is CS(=O)(=O)c1cnn(-c2ccccc2S(N)(=O)=O)c1-c1ccc(Cl)cc1. The first-order valence-corrected chi connectivity index (χ1v) is 11.1. The van der Waals surface area contributed by atoms with Crippen LogP contribution in [0.3, 0.4) is 0 Å². The molecule has 136 valence electrons. The van der Waals surface area contributed by atoms with Crippen LogP contribution in [0.4, 0.5) is 0 Å². The van der Waals surface area contributed by atoms with Gasteiger partial charge in [0.1, 0.15) is 9.79 Å². The lowest BCUT2D eigenvalue weighted by Gasteiger charge is -2.12. The van der Waals surface area contributed by atoms with E-state index >= 15 is 0 Å². The first kappa shape index (κ1) is 18.6. The van der Waals surface area contributed by atoms with Crippen molar-refractivity contribution in [3.63, 3.8) is 0 Å². The quantitative estimate of drug-likeness (QED) is 0.707. The van der Waals surface area contributed by atoms with Gasteiger partial charge in [-0.2, -0.15) is 5.10 Å². The van der Waals surface area contributed by atoms with Gasteiger partial charge in [-0.15, -0.1) is 0 Å². The van der Waals surface area contributed by atoms with Crippen LogP contribution in [0.15, 0.2) is 64.5 Å². The normalized spacial score (nSPS) is 12.3. The van der Waals surface area contributed by atoms with Gasteiger partial charge in [0.2, 0.25) is 10.0 Å². The smallest absolute Gasteiger partial charge is 0.230 e. The summed E-state index contributed by atoms with van der Waals surface area (Å²) in [5, 5.41) is 9.88. The molecule has 0 aliphatic carbocycles. The molecular weight excluding hydrogens is 398 g/mol. The maximum absolute atomic E-state index is 12.2. The number of hydrogen-bond acceptors (Lipinski definition) is 5. The third-order valence-electron chi connectivity index (χ3n) is 3.65. The van der Waals surface area contributed by atoms with E-state index in [9.17, 15) is 16.8 Å². The molecule has 26 heavy (non-hydrogen) atoms. The highest BCUT2D eigenvalue weighted by Gasteiger charge is 2.24. The monoisotopic (exact) mass is 411 g/mol. The number of nitrogens with two attached hydrogens (primary N) is 1. The van der Waals surface area contributed by atoms with E-state index in [1.54, 1.807) is 30.3 Å². The Kier molecular flexibility index (Phi) is 4.65. The van der Waals surface area contributed by atoms with Gasteiger partial charge in [-0.05, 0) is 24.3 Å². The van der Waals surface area contributed by atoms with Gasteiger partial charge in [-0.3, -0.25) is 0 Å². The molecule has 0 saturated heterocycles. The predicted molar refractivity (Wildman–Crippen MR) is 98.5 cm³/mol. The molecule has 1 heterocycles. The maximum atomic E-state index is 12.2. The zero-order valence-corrected chi connectivity index (χ0v) is 15.9. The topological polar surface area (TPSA) is 112 Å². The van der Waals surface area contributed by atoms with Crippen molar-refractivity contribution in [2.24, 2.45) is 5.14 Å². The van der Waals surface area contributed by atoms with E-state index < -0.39 is 19.9 Å². The summed E-state index contributed by atoms with van der Waals surface area (Å²) in [4.78, 5) is -0.206. The van der Waals surface area contributed by atoms with Crippen molar-refractivity contribution in [3.8, 4) is 16.9 Å². The number of nitrogens with zero attached hydrogens (tertiary/aromatic N) is 2.